The number of aromatic amines is 1. The van der Waals surface area contributed by atoms with Gasteiger partial charge in [0.2, 0.25) is 0 Å². The van der Waals surface area contributed by atoms with Gasteiger partial charge in [-0.15, -0.1) is 0 Å². The van der Waals surface area contributed by atoms with Crippen molar-refractivity contribution in [1.29, 1.82) is 0 Å². The van der Waals surface area contributed by atoms with E-state index in [0.29, 0.717) is 11.1 Å². The molecule has 0 aliphatic rings. The zero-order valence-electron chi connectivity index (χ0n) is 7.68. The normalized spacial score (nSPS) is 12.3. The number of halogens is 3. The zero-order valence-corrected chi connectivity index (χ0v) is 7.68. The number of hydrogen-bond acceptors (Lipinski definition) is 2. The first-order chi connectivity index (χ1) is 6.89. The molecule has 2 rings (SSSR count). The van der Waals surface area contributed by atoms with Crippen LogP contribution in [-0.2, 0) is 6.18 Å². The van der Waals surface area contributed by atoms with Gasteiger partial charge in [0.15, 0.2) is 5.88 Å². The maximum absolute atomic E-state index is 12.3. The largest absolute Gasteiger partial charge is 0.494 e. The Morgan fingerprint density at radius 1 is 1.40 bits per heavy atom. The number of alkyl halides is 3. The summed E-state index contributed by atoms with van der Waals surface area (Å²) in [5.74, 6) is -0.156. The van der Waals surface area contributed by atoms with Crippen molar-refractivity contribution in [3.8, 4) is 5.88 Å². The van der Waals surface area contributed by atoms with Crippen LogP contribution in [0, 0.1) is 6.92 Å². The van der Waals surface area contributed by atoms with Gasteiger partial charge in [-0.3, -0.25) is 4.98 Å². The molecule has 2 aromatic rings. The van der Waals surface area contributed by atoms with Gasteiger partial charge < -0.3 is 10.1 Å². The molecule has 0 spiro atoms. The summed E-state index contributed by atoms with van der Waals surface area (Å²) in [5.41, 5.74) is 0.135. The van der Waals surface area contributed by atoms with Crippen LogP contribution in [0.3, 0.4) is 0 Å². The van der Waals surface area contributed by atoms with E-state index in [2.05, 4.69) is 9.97 Å². The number of aromatic nitrogens is 2. The number of pyridine rings is 1. The fraction of sp³-hybridized carbons (Fsp3) is 0.222. The van der Waals surface area contributed by atoms with E-state index in [0.717, 1.165) is 12.3 Å². The predicted octanol–water partition coefficient (Wildman–Crippen LogP) is 2.60. The van der Waals surface area contributed by atoms with E-state index in [1.165, 1.54) is 0 Å². The van der Waals surface area contributed by atoms with Crippen LogP contribution in [0.1, 0.15) is 11.1 Å². The molecule has 15 heavy (non-hydrogen) atoms. The maximum Gasteiger partial charge on any atom is 0.417 e. The lowest BCUT2D eigenvalue weighted by atomic mass is 10.2. The Kier molecular flexibility index (Phi) is 1.89. The molecular weight excluding hydrogens is 209 g/mol. The molecular formula is C9H7F3N2O. The Bertz CT molecular complexity index is 516. The highest BCUT2D eigenvalue weighted by atomic mass is 19.4. The lowest BCUT2D eigenvalue weighted by Gasteiger charge is -2.04. The van der Waals surface area contributed by atoms with E-state index in [4.69, 9.17) is 0 Å². The van der Waals surface area contributed by atoms with Gasteiger partial charge in [0, 0.05) is 11.8 Å². The quantitative estimate of drug-likeness (QED) is 0.711. The first-order valence-electron chi connectivity index (χ1n) is 4.14. The van der Waals surface area contributed by atoms with Crippen molar-refractivity contribution in [2.45, 2.75) is 13.1 Å². The van der Waals surface area contributed by atoms with Gasteiger partial charge >= 0.3 is 6.18 Å². The summed E-state index contributed by atoms with van der Waals surface area (Å²) >= 11 is 0. The molecule has 0 amide bonds. The molecule has 2 heterocycles. The third kappa shape index (κ3) is 1.51. The minimum Gasteiger partial charge on any atom is -0.494 e. The van der Waals surface area contributed by atoms with Gasteiger partial charge in [-0.25, -0.2) is 0 Å². The van der Waals surface area contributed by atoms with Crippen LogP contribution < -0.4 is 0 Å². The summed E-state index contributed by atoms with van der Waals surface area (Å²) in [5, 5.41) is 9.26. The standard InChI is InChI=1S/C9H7F3N2O/c1-4-7-6(14-8(4)15)2-5(3-13-7)9(10,11)12/h2-3,14-15H,1H3. The molecule has 0 radical (unpaired) electrons. The monoisotopic (exact) mass is 216 g/mol. The smallest absolute Gasteiger partial charge is 0.417 e. The van der Waals surface area contributed by atoms with Gasteiger partial charge in [-0.2, -0.15) is 13.2 Å². The third-order valence-electron chi connectivity index (χ3n) is 2.18. The fourth-order valence-corrected chi connectivity index (χ4v) is 1.35. The number of aromatic hydroxyl groups is 1. The number of rotatable bonds is 0. The van der Waals surface area contributed by atoms with Crippen molar-refractivity contribution < 1.29 is 18.3 Å². The lowest BCUT2D eigenvalue weighted by Crippen LogP contribution is -2.05. The molecule has 2 N–H and O–H groups in total. The molecule has 0 saturated carbocycles. The van der Waals surface area contributed by atoms with Crippen LogP contribution in [0.4, 0.5) is 13.2 Å². The first kappa shape index (κ1) is 9.82. The average Bonchev–Trinajstić information content (AvgIpc) is 2.41. The minimum atomic E-state index is -4.42. The molecule has 2 aromatic heterocycles. The van der Waals surface area contributed by atoms with E-state index in [1.807, 2.05) is 0 Å². The van der Waals surface area contributed by atoms with Crippen LogP contribution in [-0.4, -0.2) is 15.1 Å². The topological polar surface area (TPSA) is 48.9 Å². The van der Waals surface area contributed by atoms with Gasteiger partial charge in [0.1, 0.15) is 0 Å². The summed E-state index contributed by atoms with van der Waals surface area (Å²) in [4.78, 5) is 6.09. The van der Waals surface area contributed by atoms with Crippen LogP contribution in [0.15, 0.2) is 12.3 Å². The Balaban J connectivity index is 2.67. The van der Waals surface area contributed by atoms with Crippen molar-refractivity contribution >= 4 is 11.0 Å². The maximum atomic E-state index is 12.3. The highest BCUT2D eigenvalue weighted by Gasteiger charge is 2.31. The lowest BCUT2D eigenvalue weighted by molar-refractivity contribution is -0.137. The summed E-state index contributed by atoms with van der Waals surface area (Å²) < 4.78 is 36.9. The number of nitrogens with zero attached hydrogens (tertiary/aromatic N) is 1. The van der Waals surface area contributed by atoms with E-state index in [-0.39, 0.29) is 11.4 Å². The zero-order chi connectivity index (χ0) is 11.2. The van der Waals surface area contributed by atoms with E-state index >= 15 is 0 Å². The highest BCUT2D eigenvalue weighted by Crippen LogP contribution is 2.32. The highest BCUT2D eigenvalue weighted by molar-refractivity contribution is 5.81. The van der Waals surface area contributed by atoms with Gasteiger partial charge in [-0.05, 0) is 13.0 Å². The summed E-state index contributed by atoms with van der Waals surface area (Å²) in [6.45, 7) is 1.58. The second-order valence-electron chi connectivity index (χ2n) is 3.22. The number of nitrogens with one attached hydrogen (secondary N) is 1. The second kappa shape index (κ2) is 2.88. The number of H-pyrrole nitrogens is 1. The van der Waals surface area contributed by atoms with Crippen LogP contribution in [0.25, 0.3) is 11.0 Å². The summed E-state index contributed by atoms with van der Waals surface area (Å²) in [7, 11) is 0. The predicted molar refractivity (Wildman–Crippen MR) is 47.5 cm³/mol. The van der Waals surface area contributed by atoms with E-state index < -0.39 is 11.7 Å². The molecule has 0 aromatic carbocycles. The van der Waals surface area contributed by atoms with Gasteiger partial charge in [0.05, 0.1) is 16.6 Å². The van der Waals surface area contributed by atoms with Crippen LogP contribution in [0.5, 0.6) is 5.88 Å². The summed E-state index contributed by atoms with van der Waals surface area (Å²) in [6, 6.07) is 0.926. The molecule has 80 valence electrons. The molecule has 0 saturated heterocycles. The van der Waals surface area contributed by atoms with Crippen molar-refractivity contribution in [2.24, 2.45) is 0 Å². The average molecular weight is 216 g/mol. The van der Waals surface area contributed by atoms with Crippen molar-refractivity contribution in [1.82, 2.24) is 9.97 Å². The first-order valence-corrected chi connectivity index (χ1v) is 4.14. The van der Waals surface area contributed by atoms with Crippen LogP contribution >= 0.6 is 0 Å². The van der Waals surface area contributed by atoms with Crippen molar-refractivity contribution in [3.63, 3.8) is 0 Å². The molecule has 0 aliphatic carbocycles. The Labute approximate surface area is 82.6 Å². The van der Waals surface area contributed by atoms with E-state index in [1.54, 1.807) is 6.92 Å². The Morgan fingerprint density at radius 2 is 2.07 bits per heavy atom. The number of hydrogen-bond donors (Lipinski definition) is 2. The fourth-order valence-electron chi connectivity index (χ4n) is 1.35. The van der Waals surface area contributed by atoms with Crippen LogP contribution in [0.2, 0.25) is 0 Å². The molecule has 0 aliphatic heterocycles. The molecule has 0 atom stereocenters. The molecule has 0 fully saturated rings. The molecule has 0 unspecified atom stereocenters. The second-order valence-corrected chi connectivity index (χ2v) is 3.22. The number of fused-ring (bicyclic) bond motifs is 1. The minimum absolute atomic E-state index is 0.156. The van der Waals surface area contributed by atoms with Crippen molar-refractivity contribution in [3.05, 3.63) is 23.4 Å². The van der Waals surface area contributed by atoms with E-state index in [9.17, 15) is 18.3 Å². The SMILES string of the molecule is Cc1c(O)[nH]c2cc(C(F)(F)F)cnc12. The van der Waals surface area contributed by atoms with Crippen molar-refractivity contribution in [2.75, 3.05) is 0 Å². The van der Waals surface area contributed by atoms with Gasteiger partial charge in [0.25, 0.3) is 0 Å². The number of aryl methyl sites for hydroxylation is 1. The Hall–Kier alpha value is -1.72. The Morgan fingerprint density at radius 3 is 2.67 bits per heavy atom. The molecule has 0 bridgehead atoms. The molecule has 6 heteroatoms. The molecule has 3 nitrogen and oxygen atoms in total. The third-order valence-corrected chi connectivity index (χ3v) is 2.18. The van der Waals surface area contributed by atoms with Gasteiger partial charge in [-0.1, -0.05) is 0 Å². The summed E-state index contributed by atoms with van der Waals surface area (Å²) in [6.07, 6.45) is -3.67.